The Labute approximate surface area is 159 Å². The summed E-state index contributed by atoms with van der Waals surface area (Å²) in [5.74, 6) is 0. The Morgan fingerprint density at radius 2 is 1.23 bits per heavy atom. The van der Waals surface area contributed by atoms with Crippen molar-refractivity contribution in [2.24, 2.45) is 5.73 Å². The molecule has 0 saturated heterocycles. The number of hydrogen-bond donors (Lipinski definition) is 2. The molecule has 2 nitrogen and oxygen atoms in total. The molecule has 4 rings (SSSR count). The molecular formula is C23H22ClNO. The SMILES string of the molecule is Cl.N[C@H](c1c2ccccc2cc2ccccc12)[C@@H](O)Cc1ccccc1. The maximum atomic E-state index is 10.8. The van der Waals surface area contributed by atoms with Crippen molar-refractivity contribution in [2.75, 3.05) is 0 Å². The lowest BCUT2D eigenvalue weighted by molar-refractivity contribution is 0.146. The van der Waals surface area contributed by atoms with Crippen LogP contribution in [0.3, 0.4) is 0 Å². The van der Waals surface area contributed by atoms with Crippen LogP contribution in [0.5, 0.6) is 0 Å². The average Bonchev–Trinajstić information content (AvgIpc) is 2.66. The Balaban J connectivity index is 0.00000196. The van der Waals surface area contributed by atoms with Gasteiger partial charge in [-0.3, -0.25) is 0 Å². The van der Waals surface area contributed by atoms with E-state index in [4.69, 9.17) is 5.73 Å². The normalized spacial score (nSPS) is 13.3. The second kappa shape index (κ2) is 7.88. The molecule has 4 aromatic carbocycles. The van der Waals surface area contributed by atoms with Crippen LogP contribution in [0.15, 0.2) is 84.9 Å². The van der Waals surface area contributed by atoms with Crippen LogP contribution in [-0.4, -0.2) is 11.2 Å². The molecule has 0 aliphatic rings. The van der Waals surface area contributed by atoms with Gasteiger partial charge in [-0.15, -0.1) is 12.4 Å². The molecule has 0 aromatic heterocycles. The van der Waals surface area contributed by atoms with Gasteiger partial charge in [-0.25, -0.2) is 0 Å². The van der Waals surface area contributed by atoms with Gasteiger partial charge in [-0.2, -0.15) is 0 Å². The number of aliphatic hydroxyl groups excluding tert-OH is 1. The molecule has 4 aromatic rings. The summed E-state index contributed by atoms with van der Waals surface area (Å²) in [6.07, 6.45) is -0.101. The maximum Gasteiger partial charge on any atom is 0.0773 e. The van der Waals surface area contributed by atoms with E-state index < -0.39 is 12.1 Å². The van der Waals surface area contributed by atoms with Crippen LogP contribution >= 0.6 is 12.4 Å². The molecule has 0 heterocycles. The molecule has 0 fully saturated rings. The predicted octanol–water partition coefficient (Wildman–Crippen LogP) is 5.02. The van der Waals surface area contributed by atoms with Crippen molar-refractivity contribution in [3.05, 3.63) is 96.1 Å². The quantitative estimate of drug-likeness (QED) is 0.500. The third kappa shape index (κ3) is 3.45. The van der Waals surface area contributed by atoms with E-state index in [1.165, 1.54) is 0 Å². The number of benzene rings is 4. The van der Waals surface area contributed by atoms with Gasteiger partial charge in [-0.1, -0.05) is 78.9 Å². The monoisotopic (exact) mass is 363 g/mol. The fourth-order valence-corrected chi connectivity index (χ4v) is 3.58. The summed E-state index contributed by atoms with van der Waals surface area (Å²) in [6, 6.07) is 28.2. The Morgan fingerprint density at radius 3 is 1.81 bits per heavy atom. The zero-order valence-electron chi connectivity index (χ0n) is 14.4. The minimum Gasteiger partial charge on any atom is -0.391 e. The van der Waals surface area contributed by atoms with Gasteiger partial charge in [0.1, 0.15) is 0 Å². The summed E-state index contributed by atoms with van der Waals surface area (Å²) >= 11 is 0. The van der Waals surface area contributed by atoms with Gasteiger partial charge in [0.2, 0.25) is 0 Å². The Morgan fingerprint density at radius 1 is 0.731 bits per heavy atom. The first-order valence-electron chi connectivity index (χ1n) is 8.62. The lowest BCUT2D eigenvalue weighted by Gasteiger charge is -2.23. The number of halogens is 1. The van der Waals surface area contributed by atoms with E-state index in [-0.39, 0.29) is 12.4 Å². The van der Waals surface area contributed by atoms with Crippen molar-refractivity contribution < 1.29 is 5.11 Å². The lowest BCUT2D eigenvalue weighted by Crippen LogP contribution is -2.28. The van der Waals surface area contributed by atoms with Crippen LogP contribution in [0, 0.1) is 0 Å². The van der Waals surface area contributed by atoms with E-state index >= 15 is 0 Å². The summed E-state index contributed by atoms with van der Waals surface area (Å²) in [4.78, 5) is 0. The highest BCUT2D eigenvalue weighted by atomic mass is 35.5. The van der Waals surface area contributed by atoms with E-state index in [0.717, 1.165) is 32.7 Å². The third-order valence-corrected chi connectivity index (χ3v) is 4.85. The third-order valence-electron chi connectivity index (χ3n) is 4.85. The zero-order chi connectivity index (χ0) is 17.2. The summed E-state index contributed by atoms with van der Waals surface area (Å²) in [7, 11) is 0. The lowest BCUT2D eigenvalue weighted by atomic mass is 9.88. The van der Waals surface area contributed by atoms with Gasteiger partial charge in [0, 0.05) is 6.42 Å². The Bertz CT molecular complexity index is 962. The summed E-state index contributed by atoms with van der Waals surface area (Å²) < 4.78 is 0. The van der Waals surface area contributed by atoms with Gasteiger partial charge in [0.05, 0.1) is 12.1 Å². The van der Waals surface area contributed by atoms with Crippen molar-refractivity contribution in [1.82, 2.24) is 0 Å². The first kappa shape index (κ1) is 18.4. The Hall–Kier alpha value is -2.39. The predicted molar refractivity (Wildman–Crippen MR) is 112 cm³/mol. The largest absolute Gasteiger partial charge is 0.391 e. The highest BCUT2D eigenvalue weighted by Crippen LogP contribution is 2.33. The summed E-state index contributed by atoms with van der Waals surface area (Å²) in [6.45, 7) is 0. The van der Waals surface area contributed by atoms with E-state index in [9.17, 15) is 5.11 Å². The van der Waals surface area contributed by atoms with Crippen molar-refractivity contribution in [1.29, 1.82) is 0 Å². The standard InChI is InChI=1S/C23H21NO.ClH/c24-23(21(25)14-16-8-2-1-3-9-16)22-19-12-6-4-10-17(19)15-18-11-5-7-13-20(18)22;/h1-13,15,21,23,25H,14,24H2;1H/t21-,23-;/m0./s1. The van der Waals surface area contributed by atoms with Gasteiger partial charge in [-0.05, 0) is 38.7 Å². The van der Waals surface area contributed by atoms with Crippen LogP contribution in [0.25, 0.3) is 21.5 Å². The maximum absolute atomic E-state index is 10.8. The van der Waals surface area contributed by atoms with E-state index in [1.54, 1.807) is 0 Å². The van der Waals surface area contributed by atoms with Crippen LogP contribution < -0.4 is 5.73 Å². The number of rotatable bonds is 4. The highest BCUT2D eigenvalue weighted by Gasteiger charge is 2.21. The molecule has 0 saturated carbocycles. The molecule has 0 aliphatic heterocycles. The van der Waals surface area contributed by atoms with Crippen molar-refractivity contribution in [2.45, 2.75) is 18.6 Å². The molecular weight excluding hydrogens is 342 g/mol. The van der Waals surface area contributed by atoms with Crippen LogP contribution in [0.1, 0.15) is 17.2 Å². The van der Waals surface area contributed by atoms with Crippen molar-refractivity contribution >= 4 is 34.0 Å². The minimum atomic E-state index is -0.642. The first-order chi connectivity index (χ1) is 12.2. The molecule has 0 aliphatic carbocycles. The second-order valence-electron chi connectivity index (χ2n) is 6.52. The number of hydrogen-bond acceptors (Lipinski definition) is 2. The van der Waals surface area contributed by atoms with Gasteiger partial charge in [0.25, 0.3) is 0 Å². The molecule has 0 bridgehead atoms. The van der Waals surface area contributed by atoms with Crippen molar-refractivity contribution in [3.63, 3.8) is 0 Å². The van der Waals surface area contributed by atoms with Gasteiger partial charge >= 0.3 is 0 Å². The average molecular weight is 364 g/mol. The van der Waals surface area contributed by atoms with Gasteiger partial charge in [0.15, 0.2) is 0 Å². The topological polar surface area (TPSA) is 46.2 Å². The minimum absolute atomic E-state index is 0. The molecule has 3 heteroatoms. The molecule has 0 spiro atoms. The summed E-state index contributed by atoms with van der Waals surface area (Å²) in [5.41, 5.74) is 8.69. The van der Waals surface area contributed by atoms with Crippen LogP contribution in [0.4, 0.5) is 0 Å². The van der Waals surface area contributed by atoms with E-state index in [1.807, 2.05) is 54.6 Å². The Kier molecular flexibility index (Phi) is 5.58. The first-order valence-corrected chi connectivity index (χ1v) is 8.62. The zero-order valence-corrected chi connectivity index (χ0v) is 15.2. The van der Waals surface area contributed by atoms with Gasteiger partial charge < -0.3 is 10.8 Å². The van der Waals surface area contributed by atoms with Crippen LogP contribution in [-0.2, 0) is 6.42 Å². The number of fused-ring (bicyclic) bond motifs is 2. The molecule has 0 radical (unpaired) electrons. The fraction of sp³-hybridized carbons (Fsp3) is 0.130. The second-order valence-corrected chi connectivity index (χ2v) is 6.52. The van der Waals surface area contributed by atoms with Crippen molar-refractivity contribution in [3.8, 4) is 0 Å². The molecule has 0 amide bonds. The van der Waals surface area contributed by atoms with E-state index in [0.29, 0.717) is 6.42 Å². The molecule has 3 N–H and O–H groups in total. The number of aliphatic hydroxyl groups is 1. The molecule has 0 unspecified atom stereocenters. The van der Waals surface area contributed by atoms with Crippen LogP contribution in [0.2, 0.25) is 0 Å². The molecule has 26 heavy (non-hydrogen) atoms. The smallest absolute Gasteiger partial charge is 0.0773 e. The molecule has 132 valence electrons. The number of nitrogens with two attached hydrogens (primary N) is 1. The van der Waals surface area contributed by atoms with E-state index in [2.05, 4.69) is 30.3 Å². The fourth-order valence-electron chi connectivity index (χ4n) is 3.58. The summed E-state index contributed by atoms with van der Waals surface area (Å²) in [5, 5.41) is 15.3. The highest BCUT2D eigenvalue weighted by molar-refractivity contribution is 6.02. The molecule has 2 atom stereocenters.